The highest BCUT2D eigenvalue weighted by molar-refractivity contribution is 6.32. The predicted octanol–water partition coefficient (Wildman–Crippen LogP) is 4.10. The first-order chi connectivity index (χ1) is 15.9. The van der Waals surface area contributed by atoms with Crippen molar-refractivity contribution < 1.29 is 24.5 Å². The van der Waals surface area contributed by atoms with Crippen LogP contribution in [0.3, 0.4) is 0 Å². The van der Waals surface area contributed by atoms with Crippen LogP contribution >= 0.6 is 11.6 Å². The van der Waals surface area contributed by atoms with Crippen LogP contribution in [-0.4, -0.2) is 35.1 Å². The summed E-state index contributed by atoms with van der Waals surface area (Å²) in [5.74, 6) is 0.253. The number of ether oxygens (including phenoxy) is 2. The maximum Gasteiger partial charge on any atom is 0.260 e. The Hall–Kier alpha value is -3.32. The smallest absolute Gasteiger partial charge is 0.260 e. The van der Waals surface area contributed by atoms with Gasteiger partial charge in [-0.1, -0.05) is 72.3 Å². The van der Waals surface area contributed by atoms with E-state index in [2.05, 4.69) is 5.32 Å². The molecule has 1 aliphatic heterocycles. The van der Waals surface area contributed by atoms with Crippen molar-refractivity contribution in [1.82, 2.24) is 5.32 Å². The Bertz CT molecular complexity index is 1150. The molecule has 3 unspecified atom stereocenters. The maximum atomic E-state index is 12.5. The van der Waals surface area contributed by atoms with Crippen LogP contribution in [0.15, 0.2) is 78.9 Å². The summed E-state index contributed by atoms with van der Waals surface area (Å²) in [7, 11) is 0. The zero-order chi connectivity index (χ0) is 23.4. The van der Waals surface area contributed by atoms with Gasteiger partial charge in [-0.25, -0.2) is 0 Å². The number of hydrogen-bond acceptors (Lipinski definition) is 5. The molecule has 0 aromatic heterocycles. The molecule has 4 rings (SSSR count). The van der Waals surface area contributed by atoms with Gasteiger partial charge >= 0.3 is 0 Å². The van der Waals surface area contributed by atoms with Crippen molar-refractivity contribution in [2.45, 2.75) is 25.4 Å². The van der Waals surface area contributed by atoms with Gasteiger partial charge in [0.1, 0.15) is 11.5 Å². The van der Waals surface area contributed by atoms with E-state index in [0.29, 0.717) is 21.9 Å². The van der Waals surface area contributed by atoms with Gasteiger partial charge in [-0.2, -0.15) is 0 Å². The van der Waals surface area contributed by atoms with E-state index in [0.717, 1.165) is 11.1 Å². The number of nitrogens with one attached hydrogen (secondary N) is 1. The Balaban J connectivity index is 1.46. The minimum absolute atomic E-state index is 0.0506. The lowest BCUT2D eigenvalue weighted by Gasteiger charge is -2.24. The molecular formula is C26H24ClNO5. The van der Waals surface area contributed by atoms with E-state index < -0.39 is 24.4 Å². The fourth-order valence-electron chi connectivity index (χ4n) is 3.58. The number of carbonyl (C=O) groups is 1. The van der Waals surface area contributed by atoms with E-state index >= 15 is 0 Å². The molecule has 170 valence electrons. The number of halogens is 1. The number of benzene rings is 3. The zero-order valence-electron chi connectivity index (χ0n) is 17.9. The number of aliphatic hydroxyl groups is 2. The minimum atomic E-state index is -1.12. The predicted molar refractivity (Wildman–Crippen MR) is 126 cm³/mol. The molecule has 0 fully saturated rings. The van der Waals surface area contributed by atoms with Crippen LogP contribution in [0.2, 0.25) is 5.02 Å². The van der Waals surface area contributed by atoms with Crippen LogP contribution in [0.5, 0.6) is 11.5 Å². The van der Waals surface area contributed by atoms with Crippen LogP contribution in [0.25, 0.3) is 5.57 Å². The summed E-state index contributed by atoms with van der Waals surface area (Å²) < 4.78 is 11.3. The summed E-state index contributed by atoms with van der Waals surface area (Å²) in [6.45, 7) is 1.64. The van der Waals surface area contributed by atoms with Gasteiger partial charge < -0.3 is 25.0 Å². The fourth-order valence-corrected chi connectivity index (χ4v) is 3.79. The standard InChI is InChI=1S/C26H24ClNO5/c1-16(26(31)28-15-22(29)18-10-6-3-7-11-18)32-24-14-23-20(12-21(24)27)19(13-25(30)33-23)17-8-4-2-5-9-17/h2-14,16,22,25,29-30H,15H2,1H3,(H,28,31). The Morgan fingerprint density at radius 1 is 1.12 bits per heavy atom. The molecule has 1 aliphatic rings. The third kappa shape index (κ3) is 5.37. The maximum absolute atomic E-state index is 12.5. The molecule has 0 saturated heterocycles. The molecule has 1 heterocycles. The van der Waals surface area contributed by atoms with Gasteiger partial charge in [0.15, 0.2) is 6.10 Å². The summed E-state index contributed by atoms with van der Waals surface area (Å²) in [6.07, 6.45) is -1.21. The topological polar surface area (TPSA) is 88.0 Å². The van der Waals surface area contributed by atoms with Gasteiger partial charge in [-0.15, -0.1) is 0 Å². The number of fused-ring (bicyclic) bond motifs is 1. The number of amides is 1. The van der Waals surface area contributed by atoms with E-state index in [1.54, 1.807) is 37.3 Å². The van der Waals surface area contributed by atoms with E-state index in [1.807, 2.05) is 48.5 Å². The molecule has 0 spiro atoms. The van der Waals surface area contributed by atoms with Gasteiger partial charge in [0.25, 0.3) is 5.91 Å². The van der Waals surface area contributed by atoms with E-state index in [-0.39, 0.29) is 12.3 Å². The third-order valence-corrected chi connectivity index (χ3v) is 5.59. The van der Waals surface area contributed by atoms with Crippen molar-refractivity contribution in [3.05, 3.63) is 101 Å². The molecule has 0 aliphatic carbocycles. The summed E-state index contributed by atoms with van der Waals surface area (Å²) in [5.41, 5.74) is 3.13. The SMILES string of the molecule is CC(Oc1cc2c(cc1Cl)C(c1ccccc1)=CC(O)O2)C(=O)NCC(O)c1ccccc1. The summed E-state index contributed by atoms with van der Waals surface area (Å²) in [6, 6.07) is 21.9. The van der Waals surface area contributed by atoms with Gasteiger partial charge in [-0.05, 0) is 35.8 Å². The van der Waals surface area contributed by atoms with Crippen LogP contribution in [0.4, 0.5) is 0 Å². The molecule has 1 amide bonds. The molecule has 3 aromatic rings. The molecule has 3 N–H and O–H groups in total. The zero-order valence-corrected chi connectivity index (χ0v) is 18.7. The van der Waals surface area contributed by atoms with E-state index in [4.69, 9.17) is 21.1 Å². The Morgan fingerprint density at radius 2 is 1.79 bits per heavy atom. The van der Waals surface area contributed by atoms with Crippen molar-refractivity contribution >= 4 is 23.1 Å². The van der Waals surface area contributed by atoms with Crippen molar-refractivity contribution in [2.75, 3.05) is 6.54 Å². The van der Waals surface area contributed by atoms with Crippen LogP contribution in [0.1, 0.15) is 29.7 Å². The lowest BCUT2D eigenvalue weighted by molar-refractivity contribution is -0.127. The second kappa shape index (κ2) is 10.1. The molecular weight excluding hydrogens is 442 g/mol. The van der Waals surface area contributed by atoms with Crippen molar-refractivity contribution in [1.29, 1.82) is 0 Å². The monoisotopic (exact) mass is 465 g/mol. The molecule has 7 heteroatoms. The number of carbonyl (C=O) groups excluding carboxylic acids is 1. The number of aliphatic hydroxyl groups excluding tert-OH is 2. The summed E-state index contributed by atoms with van der Waals surface area (Å²) >= 11 is 6.46. The molecule has 6 nitrogen and oxygen atoms in total. The van der Waals surface area contributed by atoms with E-state index in [9.17, 15) is 15.0 Å². The normalized spacial score (nSPS) is 16.6. The first kappa shape index (κ1) is 22.9. The first-order valence-corrected chi connectivity index (χ1v) is 10.9. The molecule has 0 saturated carbocycles. The van der Waals surface area contributed by atoms with Crippen LogP contribution in [0, 0.1) is 0 Å². The largest absolute Gasteiger partial charge is 0.479 e. The Kier molecular flexibility index (Phi) is 6.99. The Morgan fingerprint density at radius 3 is 2.48 bits per heavy atom. The van der Waals surface area contributed by atoms with Crippen LogP contribution < -0.4 is 14.8 Å². The van der Waals surface area contributed by atoms with E-state index in [1.165, 1.54) is 0 Å². The molecule has 3 aromatic carbocycles. The first-order valence-electron chi connectivity index (χ1n) is 10.6. The highest BCUT2D eigenvalue weighted by Crippen LogP contribution is 2.41. The number of hydrogen-bond donors (Lipinski definition) is 3. The third-order valence-electron chi connectivity index (χ3n) is 5.29. The van der Waals surface area contributed by atoms with Gasteiger partial charge in [0, 0.05) is 18.2 Å². The minimum Gasteiger partial charge on any atom is -0.479 e. The van der Waals surface area contributed by atoms with Gasteiger partial charge in [0.05, 0.1) is 11.1 Å². The second-order valence-corrected chi connectivity index (χ2v) is 8.07. The lowest BCUT2D eigenvalue weighted by atomic mass is 9.95. The van der Waals surface area contributed by atoms with Gasteiger partial charge in [0.2, 0.25) is 6.29 Å². The average molecular weight is 466 g/mol. The fraction of sp³-hybridized carbons (Fsp3) is 0.192. The molecule has 3 atom stereocenters. The molecule has 0 radical (unpaired) electrons. The highest BCUT2D eigenvalue weighted by Gasteiger charge is 2.24. The summed E-state index contributed by atoms with van der Waals surface area (Å²) in [4.78, 5) is 12.5. The van der Waals surface area contributed by atoms with Crippen LogP contribution in [-0.2, 0) is 4.79 Å². The second-order valence-electron chi connectivity index (χ2n) is 7.67. The number of rotatable bonds is 7. The highest BCUT2D eigenvalue weighted by atomic mass is 35.5. The summed E-state index contributed by atoms with van der Waals surface area (Å²) in [5, 5.41) is 23.4. The average Bonchev–Trinajstić information content (AvgIpc) is 2.83. The lowest BCUT2D eigenvalue weighted by Crippen LogP contribution is -2.38. The van der Waals surface area contributed by atoms with Crippen molar-refractivity contribution in [3.8, 4) is 11.5 Å². The quantitative estimate of drug-likeness (QED) is 0.489. The Labute approximate surface area is 197 Å². The van der Waals surface area contributed by atoms with Crippen molar-refractivity contribution in [3.63, 3.8) is 0 Å². The molecule has 0 bridgehead atoms. The van der Waals surface area contributed by atoms with Crippen molar-refractivity contribution in [2.24, 2.45) is 0 Å². The van der Waals surface area contributed by atoms with Gasteiger partial charge in [-0.3, -0.25) is 4.79 Å². The molecule has 33 heavy (non-hydrogen) atoms.